The van der Waals surface area contributed by atoms with E-state index >= 15 is 0 Å². The number of rotatable bonds is 1. The third-order valence-corrected chi connectivity index (χ3v) is 2.45. The number of hydrogen-bond acceptors (Lipinski definition) is 2. The molecule has 0 atom stereocenters. The van der Waals surface area contributed by atoms with E-state index in [4.69, 9.17) is 0 Å². The smallest absolute Gasteiger partial charge is 0.0932 e. The molecule has 0 saturated heterocycles. The number of aryl methyl sites for hydroxylation is 1. The molecule has 0 bridgehead atoms. The van der Waals surface area contributed by atoms with Crippen LogP contribution in [0.1, 0.15) is 11.1 Å². The summed E-state index contributed by atoms with van der Waals surface area (Å²) < 4.78 is 0. The molecule has 14 heavy (non-hydrogen) atoms. The SMILES string of the molecule is Cc1cccc(-c2cccnn2)c1C. The van der Waals surface area contributed by atoms with Crippen molar-refractivity contribution in [1.29, 1.82) is 0 Å². The summed E-state index contributed by atoms with van der Waals surface area (Å²) in [4.78, 5) is 0. The van der Waals surface area contributed by atoms with Crippen LogP contribution >= 0.6 is 0 Å². The molecule has 0 aliphatic carbocycles. The number of benzene rings is 1. The van der Waals surface area contributed by atoms with Crippen LogP contribution in [-0.2, 0) is 0 Å². The van der Waals surface area contributed by atoms with Crippen molar-refractivity contribution in [2.45, 2.75) is 13.8 Å². The first-order valence-corrected chi connectivity index (χ1v) is 4.63. The molecular formula is C12H12N2. The molecule has 70 valence electrons. The zero-order valence-corrected chi connectivity index (χ0v) is 8.36. The predicted octanol–water partition coefficient (Wildman–Crippen LogP) is 2.76. The quantitative estimate of drug-likeness (QED) is 0.681. The average molecular weight is 184 g/mol. The molecule has 2 aromatic rings. The van der Waals surface area contributed by atoms with E-state index in [9.17, 15) is 0 Å². The third kappa shape index (κ3) is 1.51. The first-order valence-electron chi connectivity index (χ1n) is 4.63. The lowest BCUT2D eigenvalue weighted by molar-refractivity contribution is 1.03. The van der Waals surface area contributed by atoms with E-state index in [1.165, 1.54) is 11.1 Å². The first kappa shape index (κ1) is 8.88. The molecular weight excluding hydrogens is 172 g/mol. The summed E-state index contributed by atoms with van der Waals surface area (Å²) in [6.45, 7) is 4.22. The largest absolute Gasteiger partial charge is 0.159 e. The van der Waals surface area contributed by atoms with Gasteiger partial charge in [0.25, 0.3) is 0 Å². The minimum Gasteiger partial charge on any atom is -0.159 e. The van der Waals surface area contributed by atoms with Gasteiger partial charge in [-0.15, -0.1) is 0 Å². The Hall–Kier alpha value is -1.70. The topological polar surface area (TPSA) is 25.8 Å². The molecule has 0 unspecified atom stereocenters. The zero-order chi connectivity index (χ0) is 9.97. The first-order chi connectivity index (χ1) is 6.79. The Morgan fingerprint density at radius 1 is 1.00 bits per heavy atom. The maximum Gasteiger partial charge on any atom is 0.0932 e. The van der Waals surface area contributed by atoms with Gasteiger partial charge >= 0.3 is 0 Å². The van der Waals surface area contributed by atoms with Crippen molar-refractivity contribution in [3.8, 4) is 11.3 Å². The predicted molar refractivity (Wildman–Crippen MR) is 56.9 cm³/mol. The Balaban J connectivity index is 2.58. The summed E-state index contributed by atoms with van der Waals surface area (Å²) in [6, 6.07) is 10.1. The maximum absolute atomic E-state index is 4.10. The molecule has 1 aromatic heterocycles. The Labute approximate surface area is 83.6 Å². The van der Waals surface area contributed by atoms with E-state index in [0.717, 1.165) is 11.3 Å². The van der Waals surface area contributed by atoms with E-state index in [0.29, 0.717) is 0 Å². The summed E-state index contributed by atoms with van der Waals surface area (Å²) in [5.41, 5.74) is 4.66. The molecule has 1 aromatic carbocycles. The molecule has 0 radical (unpaired) electrons. The maximum atomic E-state index is 4.10. The number of nitrogens with zero attached hydrogens (tertiary/aromatic N) is 2. The fourth-order valence-corrected chi connectivity index (χ4v) is 1.47. The van der Waals surface area contributed by atoms with Crippen molar-refractivity contribution in [3.05, 3.63) is 47.7 Å². The van der Waals surface area contributed by atoms with Crippen LogP contribution < -0.4 is 0 Å². The molecule has 0 amide bonds. The second-order valence-corrected chi connectivity index (χ2v) is 3.36. The van der Waals surface area contributed by atoms with Gasteiger partial charge in [0, 0.05) is 11.8 Å². The Morgan fingerprint density at radius 2 is 1.86 bits per heavy atom. The molecule has 0 aliphatic heterocycles. The highest BCUT2D eigenvalue weighted by Gasteiger charge is 2.03. The van der Waals surface area contributed by atoms with Gasteiger partial charge < -0.3 is 0 Å². The molecule has 2 heteroatoms. The van der Waals surface area contributed by atoms with E-state index in [2.05, 4.69) is 36.2 Å². The lowest BCUT2D eigenvalue weighted by Crippen LogP contribution is -1.90. The molecule has 1 heterocycles. The fourth-order valence-electron chi connectivity index (χ4n) is 1.47. The van der Waals surface area contributed by atoms with Gasteiger partial charge in [0.2, 0.25) is 0 Å². The van der Waals surface area contributed by atoms with E-state index in [1.54, 1.807) is 6.20 Å². The summed E-state index contributed by atoms with van der Waals surface area (Å²) in [6.07, 6.45) is 1.69. The van der Waals surface area contributed by atoms with Crippen molar-refractivity contribution in [3.63, 3.8) is 0 Å². The van der Waals surface area contributed by atoms with Crippen molar-refractivity contribution < 1.29 is 0 Å². The van der Waals surface area contributed by atoms with Crippen LogP contribution in [-0.4, -0.2) is 10.2 Å². The van der Waals surface area contributed by atoms with Crippen molar-refractivity contribution in [1.82, 2.24) is 10.2 Å². The van der Waals surface area contributed by atoms with Crippen molar-refractivity contribution in [2.75, 3.05) is 0 Å². The summed E-state index contributed by atoms with van der Waals surface area (Å²) in [7, 11) is 0. The van der Waals surface area contributed by atoms with Crippen LogP contribution in [0.4, 0.5) is 0 Å². The minimum absolute atomic E-state index is 0.939. The van der Waals surface area contributed by atoms with Crippen LogP contribution in [0.3, 0.4) is 0 Å². The standard InChI is InChI=1S/C12H12N2/c1-9-5-3-6-11(10(9)2)12-7-4-8-13-14-12/h3-8H,1-2H3. The number of hydrogen-bond donors (Lipinski definition) is 0. The van der Waals surface area contributed by atoms with Crippen LogP contribution in [0, 0.1) is 13.8 Å². The Morgan fingerprint density at radius 3 is 2.57 bits per heavy atom. The highest BCUT2D eigenvalue weighted by Crippen LogP contribution is 2.22. The molecule has 0 N–H and O–H groups in total. The van der Waals surface area contributed by atoms with Crippen LogP contribution in [0.15, 0.2) is 36.5 Å². The van der Waals surface area contributed by atoms with Crippen LogP contribution in [0.5, 0.6) is 0 Å². The third-order valence-electron chi connectivity index (χ3n) is 2.45. The van der Waals surface area contributed by atoms with Gasteiger partial charge in [-0.1, -0.05) is 18.2 Å². The van der Waals surface area contributed by atoms with Crippen LogP contribution in [0.2, 0.25) is 0 Å². The van der Waals surface area contributed by atoms with Crippen molar-refractivity contribution >= 4 is 0 Å². The highest BCUT2D eigenvalue weighted by atomic mass is 15.1. The highest BCUT2D eigenvalue weighted by molar-refractivity contribution is 5.64. The van der Waals surface area contributed by atoms with Gasteiger partial charge in [0.15, 0.2) is 0 Å². The minimum atomic E-state index is 0.939. The van der Waals surface area contributed by atoms with E-state index in [-0.39, 0.29) is 0 Å². The van der Waals surface area contributed by atoms with Gasteiger partial charge in [0.05, 0.1) is 5.69 Å². The Bertz CT molecular complexity index is 435. The fraction of sp³-hybridized carbons (Fsp3) is 0.167. The van der Waals surface area contributed by atoms with Gasteiger partial charge in [0.1, 0.15) is 0 Å². The van der Waals surface area contributed by atoms with Gasteiger partial charge in [-0.2, -0.15) is 10.2 Å². The molecule has 0 aliphatic rings. The van der Waals surface area contributed by atoms with Crippen molar-refractivity contribution in [2.24, 2.45) is 0 Å². The molecule has 2 nitrogen and oxygen atoms in total. The normalized spacial score (nSPS) is 10.1. The molecule has 0 fully saturated rings. The van der Waals surface area contributed by atoms with E-state index in [1.807, 2.05) is 18.2 Å². The second-order valence-electron chi connectivity index (χ2n) is 3.36. The molecule has 0 spiro atoms. The van der Waals surface area contributed by atoms with E-state index < -0.39 is 0 Å². The lowest BCUT2D eigenvalue weighted by Gasteiger charge is -2.06. The molecule has 0 saturated carbocycles. The van der Waals surface area contributed by atoms with Gasteiger partial charge in [-0.25, -0.2) is 0 Å². The summed E-state index contributed by atoms with van der Waals surface area (Å²) in [5, 5.41) is 7.98. The number of aromatic nitrogens is 2. The second kappa shape index (κ2) is 3.58. The van der Waals surface area contributed by atoms with Gasteiger partial charge in [-0.3, -0.25) is 0 Å². The summed E-state index contributed by atoms with van der Waals surface area (Å²) >= 11 is 0. The zero-order valence-electron chi connectivity index (χ0n) is 8.36. The lowest BCUT2D eigenvalue weighted by atomic mass is 10.0. The average Bonchev–Trinajstić information content (AvgIpc) is 2.23. The van der Waals surface area contributed by atoms with Gasteiger partial charge in [-0.05, 0) is 37.1 Å². The van der Waals surface area contributed by atoms with Crippen LogP contribution in [0.25, 0.3) is 11.3 Å². The monoisotopic (exact) mass is 184 g/mol. The Kier molecular flexibility index (Phi) is 2.27. The summed E-state index contributed by atoms with van der Waals surface area (Å²) in [5.74, 6) is 0. The molecule has 2 rings (SSSR count).